The first-order valence-electron chi connectivity index (χ1n) is 8.25. The van der Waals surface area contributed by atoms with Crippen molar-refractivity contribution in [2.75, 3.05) is 14.2 Å². The number of amidine groups is 1. The molecule has 5 nitrogen and oxygen atoms in total. The Morgan fingerprint density at radius 3 is 2.67 bits per heavy atom. The molecule has 0 radical (unpaired) electrons. The van der Waals surface area contributed by atoms with Crippen molar-refractivity contribution in [2.45, 2.75) is 0 Å². The molecule has 1 aliphatic rings. The summed E-state index contributed by atoms with van der Waals surface area (Å²) in [5, 5.41) is 0.557. The van der Waals surface area contributed by atoms with Gasteiger partial charge in [0.2, 0.25) is 0 Å². The van der Waals surface area contributed by atoms with Crippen molar-refractivity contribution in [1.82, 2.24) is 4.90 Å². The highest BCUT2D eigenvalue weighted by Crippen LogP contribution is 2.31. The van der Waals surface area contributed by atoms with Crippen LogP contribution >= 0.6 is 11.8 Å². The molecule has 1 fully saturated rings. The Balaban J connectivity index is 1.79. The van der Waals surface area contributed by atoms with Gasteiger partial charge in [-0.25, -0.2) is 9.79 Å². The molecular weight excluding hydrogens is 360 g/mol. The SMILES string of the molecule is COC(=O)c1cccc(N=C2SC(=CC=Cc3ccccc3)C(=O)N2C)c1. The van der Waals surface area contributed by atoms with Gasteiger partial charge in [-0.1, -0.05) is 48.6 Å². The summed E-state index contributed by atoms with van der Waals surface area (Å²) in [4.78, 5) is 30.7. The predicted molar refractivity (Wildman–Crippen MR) is 109 cm³/mol. The van der Waals surface area contributed by atoms with Gasteiger partial charge in [-0.15, -0.1) is 0 Å². The second-order valence-corrected chi connectivity index (χ2v) is 6.71. The Hall–Kier alpha value is -3.12. The van der Waals surface area contributed by atoms with Crippen molar-refractivity contribution in [3.05, 3.63) is 82.8 Å². The van der Waals surface area contributed by atoms with Crippen molar-refractivity contribution in [1.29, 1.82) is 0 Å². The molecule has 0 aromatic heterocycles. The zero-order chi connectivity index (χ0) is 19.2. The van der Waals surface area contributed by atoms with Crippen LogP contribution in [-0.2, 0) is 9.53 Å². The van der Waals surface area contributed by atoms with Crippen molar-refractivity contribution < 1.29 is 14.3 Å². The van der Waals surface area contributed by atoms with Crippen LogP contribution in [0.1, 0.15) is 15.9 Å². The van der Waals surface area contributed by atoms with E-state index in [0.717, 1.165) is 5.56 Å². The number of benzene rings is 2. The van der Waals surface area contributed by atoms with E-state index in [4.69, 9.17) is 4.74 Å². The molecule has 2 aromatic rings. The zero-order valence-corrected chi connectivity index (χ0v) is 15.8. The lowest BCUT2D eigenvalue weighted by Crippen LogP contribution is -2.23. The Morgan fingerprint density at radius 2 is 1.93 bits per heavy atom. The van der Waals surface area contributed by atoms with Gasteiger partial charge in [0.15, 0.2) is 5.17 Å². The van der Waals surface area contributed by atoms with E-state index in [-0.39, 0.29) is 5.91 Å². The third-order valence-electron chi connectivity index (χ3n) is 3.83. The maximum absolute atomic E-state index is 12.4. The highest BCUT2D eigenvalue weighted by molar-refractivity contribution is 8.18. The summed E-state index contributed by atoms with van der Waals surface area (Å²) < 4.78 is 4.72. The summed E-state index contributed by atoms with van der Waals surface area (Å²) in [6.45, 7) is 0. The smallest absolute Gasteiger partial charge is 0.337 e. The van der Waals surface area contributed by atoms with Crippen LogP contribution in [0.3, 0.4) is 0 Å². The minimum atomic E-state index is -0.424. The van der Waals surface area contributed by atoms with Crippen LogP contribution in [0.4, 0.5) is 5.69 Å². The fourth-order valence-electron chi connectivity index (χ4n) is 2.41. The van der Waals surface area contributed by atoms with Crippen molar-refractivity contribution in [2.24, 2.45) is 4.99 Å². The zero-order valence-electron chi connectivity index (χ0n) is 15.0. The van der Waals surface area contributed by atoms with Gasteiger partial charge in [0.05, 0.1) is 23.3 Å². The number of hydrogen-bond acceptors (Lipinski definition) is 5. The number of thioether (sulfide) groups is 1. The third-order valence-corrected chi connectivity index (χ3v) is 4.91. The first-order valence-corrected chi connectivity index (χ1v) is 9.06. The first kappa shape index (κ1) is 18.7. The van der Waals surface area contributed by atoms with Crippen molar-refractivity contribution >= 4 is 40.6 Å². The molecule has 1 amide bonds. The summed E-state index contributed by atoms with van der Waals surface area (Å²) in [6.07, 6.45) is 5.57. The Morgan fingerprint density at radius 1 is 1.15 bits per heavy atom. The van der Waals surface area contributed by atoms with Gasteiger partial charge >= 0.3 is 5.97 Å². The Bertz CT molecular complexity index is 949. The lowest BCUT2D eigenvalue weighted by molar-refractivity contribution is -0.121. The highest BCUT2D eigenvalue weighted by atomic mass is 32.2. The van der Waals surface area contributed by atoms with Gasteiger partial charge in [-0.05, 0) is 41.6 Å². The van der Waals surface area contributed by atoms with E-state index in [1.54, 1.807) is 37.4 Å². The average molecular weight is 378 g/mol. The molecule has 0 aliphatic carbocycles. The monoisotopic (exact) mass is 378 g/mol. The molecule has 2 aromatic carbocycles. The minimum absolute atomic E-state index is 0.111. The number of rotatable bonds is 4. The van der Waals surface area contributed by atoms with Crippen LogP contribution in [0.15, 0.2) is 76.6 Å². The standard InChI is InChI=1S/C21H18N2O3S/c1-23-19(24)18(13-6-10-15-8-4-3-5-9-15)27-21(23)22-17-12-7-11-16(14-17)20(25)26-2/h3-14H,1-2H3. The number of allylic oxidation sites excluding steroid dienone is 2. The largest absolute Gasteiger partial charge is 0.465 e. The topological polar surface area (TPSA) is 59.0 Å². The van der Waals surface area contributed by atoms with Crippen molar-refractivity contribution in [3.8, 4) is 0 Å². The number of likely N-dealkylation sites (N-methyl/N-ethyl adjacent to an activating group) is 1. The number of amides is 1. The van der Waals surface area contributed by atoms with E-state index in [9.17, 15) is 9.59 Å². The molecule has 0 unspecified atom stereocenters. The number of ether oxygens (including phenoxy) is 1. The van der Waals surface area contributed by atoms with Crippen LogP contribution in [0, 0.1) is 0 Å². The fourth-order valence-corrected chi connectivity index (χ4v) is 3.35. The normalized spacial score (nSPS) is 17.3. The lowest BCUT2D eigenvalue weighted by Gasteiger charge is -2.07. The van der Waals surface area contributed by atoms with Gasteiger partial charge in [-0.2, -0.15) is 0 Å². The maximum Gasteiger partial charge on any atom is 0.337 e. The molecule has 0 spiro atoms. The van der Waals surface area contributed by atoms with Gasteiger partial charge in [0, 0.05) is 7.05 Å². The molecule has 0 N–H and O–H groups in total. The lowest BCUT2D eigenvalue weighted by atomic mass is 10.2. The summed E-state index contributed by atoms with van der Waals surface area (Å²) >= 11 is 1.30. The van der Waals surface area contributed by atoms with E-state index >= 15 is 0 Å². The third kappa shape index (κ3) is 4.54. The molecular formula is C21H18N2O3S. The molecule has 0 bridgehead atoms. The molecule has 3 rings (SSSR count). The first-order chi connectivity index (χ1) is 13.1. The molecule has 0 saturated carbocycles. The van der Waals surface area contributed by atoms with Crippen LogP contribution in [0.25, 0.3) is 6.08 Å². The molecule has 6 heteroatoms. The van der Waals surface area contributed by atoms with E-state index in [0.29, 0.717) is 21.3 Å². The molecule has 1 saturated heterocycles. The molecule has 0 atom stereocenters. The Labute approximate surface area is 162 Å². The summed E-state index contributed by atoms with van der Waals surface area (Å²) in [7, 11) is 3.01. The highest BCUT2D eigenvalue weighted by Gasteiger charge is 2.29. The molecule has 136 valence electrons. The van der Waals surface area contributed by atoms with E-state index in [1.165, 1.54) is 23.8 Å². The number of aliphatic imine (C=N–C) groups is 1. The molecule has 1 aliphatic heterocycles. The number of carbonyl (C=O) groups is 2. The van der Waals surface area contributed by atoms with Gasteiger partial charge < -0.3 is 4.74 Å². The Kier molecular flexibility index (Phi) is 5.88. The van der Waals surface area contributed by atoms with Crippen LogP contribution < -0.4 is 0 Å². The number of carbonyl (C=O) groups excluding carboxylic acids is 2. The number of esters is 1. The second kappa shape index (κ2) is 8.51. The number of methoxy groups -OCH3 is 1. The summed E-state index contributed by atoms with van der Waals surface area (Å²) in [5.41, 5.74) is 2.06. The quantitative estimate of drug-likeness (QED) is 0.589. The number of hydrogen-bond donors (Lipinski definition) is 0. The summed E-state index contributed by atoms with van der Waals surface area (Å²) in [5.74, 6) is -0.534. The van der Waals surface area contributed by atoms with E-state index in [1.807, 2.05) is 42.5 Å². The van der Waals surface area contributed by atoms with Crippen molar-refractivity contribution in [3.63, 3.8) is 0 Å². The number of nitrogens with zero attached hydrogens (tertiary/aromatic N) is 2. The minimum Gasteiger partial charge on any atom is -0.465 e. The second-order valence-electron chi connectivity index (χ2n) is 5.70. The summed E-state index contributed by atoms with van der Waals surface area (Å²) in [6, 6.07) is 16.7. The molecule has 1 heterocycles. The van der Waals surface area contributed by atoms with Crippen LogP contribution in [0.2, 0.25) is 0 Å². The average Bonchev–Trinajstić information content (AvgIpc) is 2.96. The maximum atomic E-state index is 12.4. The van der Waals surface area contributed by atoms with Gasteiger partial charge in [0.25, 0.3) is 5.91 Å². The van der Waals surface area contributed by atoms with E-state index in [2.05, 4.69) is 4.99 Å². The van der Waals surface area contributed by atoms with Gasteiger partial charge in [-0.3, -0.25) is 9.69 Å². The van der Waals surface area contributed by atoms with Gasteiger partial charge in [0.1, 0.15) is 0 Å². The van der Waals surface area contributed by atoms with Crippen LogP contribution in [0.5, 0.6) is 0 Å². The molecule has 27 heavy (non-hydrogen) atoms. The fraction of sp³-hybridized carbons (Fsp3) is 0.0952. The van der Waals surface area contributed by atoms with Crippen LogP contribution in [-0.4, -0.2) is 36.1 Å². The predicted octanol–water partition coefficient (Wildman–Crippen LogP) is 4.26. The van der Waals surface area contributed by atoms with E-state index < -0.39 is 5.97 Å².